The van der Waals surface area contributed by atoms with Gasteiger partial charge < -0.3 is 11.1 Å². The topological polar surface area (TPSA) is 72.2 Å². The lowest BCUT2D eigenvalue weighted by Gasteiger charge is -2.14. The number of hydrogen-bond acceptors (Lipinski definition) is 2. The van der Waals surface area contributed by atoms with Crippen molar-refractivity contribution < 1.29 is 9.59 Å². The maximum Gasteiger partial charge on any atom is 0.240 e. The van der Waals surface area contributed by atoms with Crippen molar-refractivity contribution in [2.75, 3.05) is 0 Å². The first-order valence-corrected chi connectivity index (χ1v) is 5.26. The highest BCUT2D eigenvalue weighted by molar-refractivity contribution is 5.88. The summed E-state index contributed by atoms with van der Waals surface area (Å²) in [6, 6.07) is -0.435. The second-order valence-electron chi connectivity index (χ2n) is 4.42. The van der Waals surface area contributed by atoms with Crippen molar-refractivity contribution in [1.29, 1.82) is 0 Å². The van der Waals surface area contributed by atoms with E-state index in [0.717, 1.165) is 19.3 Å². The average Bonchev–Trinajstić information content (AvgIpc) is 2.98. The van der Waals surface area contributed by atoms with Gasteiger partial charge in [-0.05, 0) is 25.2 Å². The molecule has 0 heterocycles. The first-order chi connectivity index (χ1) is 6.66. The highest BCUT2D eigenvalue weighted by Crippen LogP contribution is 2.34. The van der Waals surface area contributed by atoms with Gasteiger partial charge >= 0.3 is 0 Å². The Balaban J connectivity index is 1.81. The lowest BCUT2D eigenvalue weighted by Crippen LogP contribution is -2.45. The molecule has 2 saturated carbocycles. The van der Waals surface area contributed by atoms with E-state index in [1.807, 2.05) is 0 Å². The largest absolute Gasteiger partial charge is 0.368 e. The number of hydrogen-bond donors (Lipinski definition) is 2. The van der Waals surface area contributed by atoms with Gasteiger partial charge in [0, 0.05) is 5.92 Å². The number of primary amides is 1. The van der Waals surface area contributed by atoms with Gasteiger partial charge in [-0.25, -0.2) is 0 Å². The van der Waals surface area contributed by atoms with E-state index in [9.17, 15) is 9.59 Å². The summed E-state index contributed by atoms with van der Waals surface area (Å²) in [5.74, 6) is 0.364. The van der Waals surface area contributed by atoms with Gasteiger partial charge in [-0.15, -0.1) is 0 Å². The van der Waals surface area contributed by atoms with Crippen LogP contribution in [0.4, 0.5) is 0 Å². The Morgan fingerprint density at radius 2 is 1.93 bits per heavy atom. The molecule has 14 heavy (non-hydrogen) atoms. The van der Waals surface area contributed by atoms with E-state index in [0.29, 0.717) is 5.92 Å². The molecule has 2 aliphatic rings. The maximum absolute atomic E-state index is 11.4. The van der Waals surface area contributed by atoms with Gasteiger partial charge in [0.2, 0.25) is 11.8 Å². The lowest BCUT2D eigenvalue weighted by molar-refractivity contribution is -0.128. The zero-order valence-corrected chi connectivity index (χ0v) is 8.16. The molecule has 0 spiro atoms. The van der Waals surface area contributed by atoms with Crippen LogP contribution in [0.1, 0.15) is 32.1 Å². The second-order valence-corrected chi connectivity index (χ2v) is 4.42. The van der Waals surface area contributed by atoms with E-state index in [1.54, 1.807) is 0 Å². The summed E-state index contributed by atoms with van der Waals surface area (Å²) in [6.45, 7) is 0. The molecule has 2 rings (SSSR count). The Bertz CT molecular complexity index is 257. The van der Waals surface area contributed by atoms with Crippen LogP contribution in [0.25, 0.3) is 0 Å². The molecule has 78 valence electrons. The minimum Gasteiger partial charge on any atom is -0.368 e. The van der Waals surface area contributed by atoms with Crippen molar-refractivity contribution in [3.63, 3.8) is 0 Å². The highest BCUT2D eigenvalue weighted by atomic mass is 16.2. The molecule has 1 atom stereocenters. The number of rotatable bonds is 5. The van der Waals surface area contributed by atoms with E-state index in [-0.39, 0.29) is 11.8 Å². The Kier molecular flexibility index (Phi) is 2.44. The summed E-state index contributed by atoms with van der Waals surface area (Å²) in [5, 5.41) is 2.74. The summed E-state index contributed by atoms with van der Waals surface area (Å²) >= 11 is 0. The molecule has 0 aliphatic heterocycles. The third-order valence-corrected chi connectivity index (χ3v) is 2.87. The number of nitrogens with two attached hydrogens (primary N) is 1. The van der Waals surface area contributed by atoms with Gasteiger partial charge in [0.1, 0.15) is 6.04 Å². The average molecular weight is 196 g/mol. The quantitative estimate of drug-likeness (QED) is 0.657. The molecule has 0 unspecified atom stereocenters. The fourth-order valence-electron chi connectivity index (χ4n) is 1.57. The summed E-state index contributed by atoms with van der Waals surface area (Å²) < 4.78 is 0. The predicted octanol–water partition coefficient (Wildman–Crippen LogP) is 0.167. The van der Waals surface area contributed by atoms with Crippen LogP contribution in [0.3, 0.4) is 0 Å². The van der Waals surface area contributed by atoms with Gasteiger partial charge in [-0.2, -0.15) is 0 Å². The number of amides is 2. The van der Waals surface area contributed by atoms with Crippen LogP contribution in [0.2, 0.25) is 0 Å². The monoisotopic (exact) mass is 196 g/mol. The summed E-state index contributed by atoms with van der Waals surface area (Å²) in [4.78, 5) is 22.5. The van der Waals surface area contributed by atoms with E-state index < -0.39 is 11.9 Å². The highest BCUT2D eigenvalue weighted by Gasteiger charge is 2.34. The molecule has 2 fully saturated rings. The van der Waals surface area contributed by atoms with Gasteiger partial charge in [0.05, 0.1) is 0 Å². The Labute approximate surface area is 83.2 Å². The van der Waals surface area contributed by atoms with Crippen molar-refractivity contribution in [3.05, 3.63) is 0 Å². The van der Waals surface area contributed by atoms with E-state index in [2.05, 4.69) is 5.32 Å². The molecule has 0 aromatic rings. The second kappa shape index (κ2) is 3.59. The van der Waals surface area contributed by atoms with Crippen molar-refractivity contribution in [2.45, 2.75) is 38.1 Å². The van der Waals surface area contributed by atoms with Crippen LogP contribution in [0.5, 0.6) is 0 Å². The smallest absolute Gasteiger partial charge is 0.240 e. The van der Waals surface area contributed by atoms with E-state index in [4.69, 9.17) is 5.73 Å². The molecule has 0 radical (unpaired) electrons. The van der Waals surface area contributed by atoms with Gasteiger partial charge in [-0.1, -0.05) is 12.8 Å². The van der Waals surface area contributed by atoms with Crippen LogP contribution in [0.15, 0.2) is 0 Å². The van der Waals surface area contributed by atoms with Crippen LogP contribution in [-0.4, -0.2) is 17.9 Å². The minimum absolute atomic E-state index is 0.00875. The fraction of sp³-hybridized carbons (Fsp3) is 0.800. The molecule has 4 nitrogen and oxygen atoms in total. The Hall–Kier alpha value is -1.06. The number of carbonyl (C=O) groups excluding carboxylic acids is 2. The van der Waals surface area contributed by atoms with Crippen molar-refractivity contribution >= 4 is 11.8 Å². The molecule has 2 aliphatic carbocycles. The number of nitrogens with one attached hydrogen (secondary N) is 1. The molecule has 0 saturated heterocycles. The van der Waals surface area contributed by atoms with E-state index in [1.165, 1.54) is 12.8 Å². The van der Waals surface area contributed by atoms with Crippen molar-refractivity contribution in [2.24, 2.45) is 17.6 Å². The Morgan fingerprint density at radius 1 is 1.29 bits per heavy atom. The predicted molar refractivity (Wildman–Crippen MR) is 51.2 cm³/mol. The summed E-state index contributed by atoms with van der Waals surface area (Å²) in [7, 11) is 0. The van der Waals surface area contributed by atoms with Crippen molar-refractivity contribution in [1.82, 2.24) is 5.32 Å². The molecule has 3 N–H and O–H groups in total. The molecular weight excluding hydrogens is 180 g/mol. The van der Waals surface area contributed by atoms with Crippen LogP contribution in [0, 0.1) is 11.8 Å². The Morgan fingerprint density at radius 3 is 2.36 bits per heavy atom. The molecular formula is C10H16N2O2. The van der Waals surface area contributed by atoms with Crippen LogP contribution < -0.4 is 11.1 Å². The van der Waals surface area contributed by atoms with Gasteiger partial charge in [-0.3, -0.25) is 9.59 Å². The fourth-order valence-corrected chi connectivity index (χ4v) is 1.57. The van der Waals surface area contributed by atoms with E-state index >= 15 is 0 Å². The SMILES string of the molecule is NC(=O)[C@@H](CC1CC1)NC(=O)C1CC1. The number of carbonyl (C=O) groups is 2. The first-order valence-electron chi connectivity index (χ1n) is 5.26. The summed E-state index contributed by atoms with van der Waals surface area (Å²) in [6.07, 6.45) is 4.99. The molecule has 2 amide bonds. The lowest BCUT2D eigenvalue weighted by atomic mass is 10.1. The summed E-state index contributed by atoms with van der Waals surface area (Å²) in [5.41, 5.74) is 5.23. The zero-order valence-electron chi connectivity index (χ0n) is 8.16. The third-order valence-electron chi connectivity index (χ3n) is 2.87. The standard InChI is InChI=1S/C10H16N2O2/c11-9(13)8(5-6-1-2-6)12-10(14)7-3-4-7/h6-8H,1-5H2,(H2,11,13)(H,12,14)/t8-/m1/s1. The van der Waals surface area contributed by atoms with Gasteiger partial charge in [0.25, 0.3) is 0 Å². The van der Waals surface area contributed by atoms with Crippen molar-refractivity contribution in [3.8, 4) is 0 Å². The molecule has 4 heteroatoms. The van der Waals surface area contributed by atoms with Crippen LogP contribution in [-0.2, 0) is 9.59 Å². The van der Waals surface area contributed by atoms with Gasteiger partial charge in [0.15, 0.2) is 0 Å². The molecule has 0 bridgehead atoms. The third kappa shape index (κ3) is 2.47. The normalized spacial score (nSPS) is 22.9. The minimum atomic E-state index is -0.435. The van der Waals surface area contributed by atoms with Crippen LogP contribution >= 0.6 is 0 Å². The molecule has 0 aromatic heterocycles. The maximum atomic E-state index is 11.4. The zero-order chi connectivity index (χ0) is 10.1. The molecule has 0 aromatic carbocycles. The first kappa shape index (κ1) is 9.49.